The van der Waals surface area contributed by atoms with Gasteiger partial charge in [-0.25, -0.2) is 4.79 Å². The number of anilines is 1. The monoisotopic (exact) mass is 335 g/mol. The Morgan fingerprint density at radius 2 is 1.78 bits per heavy atom. The Bertz CT molecular complexity index is 689. The first kappa shape index (κ1) is 16.7. The molecule has 0 bridgehead atoms. The lowest BCUT2D eigenvalue weighted by atomic mass is 10.1. The van der Waals surface area contributed by atoms with Crippen LogP contribution in [-0.2, 0) is 0 Å². The number of carbonyl (C=O) groups is 1. The van der Waals surface area contributed by atoms with E-state index in [0.717, 1.165) is 0 Å². The molecule has 0 aliphatic carbocycles. The standard InChI is InChI=1S/C15H14ClN3O4/c16-11-3-1-10(2-4-11)14(9-20)18-15(21)17-12-5-7-13(8-6-12)19(22)23/h1-8,14,20H,9H2,(H2,17,18,21). The summed E-state index contributed by atoms with van der Waals surface area (Å²) < 4.78 is 0. The van der Waals surface area contributed by atoms with E-state index in [0.29, 0.717) is 16.3 Å². The van der Waals surface area contributed by atoms with Crippen LogP contribution in [0.3, 0.4) is 0 Å². The fraction of sp³-hybridized carbons (Fsp3) is 0.133. The summed E-state index contributed by atoms with van der Waals surface area (Å²) >= 11 is 5.80. The molecule has 3 N–H and O–H groups in total. The molecule has 0 spiro atoms. The molecular weight excluding hydrogens is 322 g/mol. The molecule has 2 aromatic rings. The van der Waals surface area contributed by atoms with E-state index < -0.39 is 17.0 Å². The molecule has 0 heterocycles. The number of nitro benzene ring substituents is 1. The molecule has 0 aliphatic heterocycles. The molecule has 0 saturated carbocycles. The zero-order chi connectivity index (χ0) is 16.8. The Labute approximate surface area is 137 Å². The average Bonchev–Trinajstić information content (AvgIpc) is 2.54. The molecule has 0 fully saturated rings. The predicted molar refractivity (Wildman–Crippen MR) is 86.5 cm³/mol. The van der Waals surface area contributed by atoms with E-state index in [1.807, 2.05) is 0 Å². The lowest BCUT2D eigenvalue weighted by Crippen LogP contribution is -2.34. The van der Waals surface area contributed by atoms with Crippen LogP contribution in [0.1, 0.15) is 11.6 Å². The Hall–Kier alpha value is -2.64. The van der Waals surface area contributed by atoms with Crippen LogP contribution in [0.25, 0.3) is 0 Å². The van der Waals surface area contributed by atoms with E-state index in [1.165, 1.54) is 24.3 Å². The number of hydrogen-bond donors (Lipinski definition) is 3. The number of nitro groups is 1. The highest BCUT2D eigenvalue weighted by Crippen LogP contribution is 2.18. The fourth-order valence-electron chi connectivity index (χ4n) is 1.92. The third-order valence-electron chi connectivity index (χ3n) is 3.10. The number of aliphatic hydroxyl groups excluding tert-OH is 1. The first-order chi connectivity index (χ1) is 11.0. The average molecular weight is 336 g/mol. The molecule has 1 unspecified atom stereocenters. The summed E-state index contributed by atoms with van der Waals surface area (Å²) in [5, 5.41) is 25.7. The summed E-state index contributed by atoms with van der Waals surface area (Å²) in [6, 6.07) is 11.0. The van der Waals surface area contributed by atoms with Crippen molar-refractivity contribution < 1.29 is 14.8 Å². The van der Waals surface area contributed by atoms with Crippen LogP contribution in [0.2, 0.25) is 5.02 Å². The fourth-order valence-corrected chi connectivity index (χ4v) is 2.05. The second-order valence-corrected chi connectivity index (χ2v) is 5.13. The first-order valence-electron chi connectivity index (χ1n) is 6.68. The van der Waals surface area contributed by atoms with Crippen LogP contribution in [0, 0.1) is 10.1 Å². The summed E-state index contributed by atoms with van der Waals surface area (Å²) in [5.74, 6) is 0. The van der Waals surface area contributed by atoms with Gasteiger partial charge >= 0.3 is 6.03 Å². The van der Waals surface area contributed by atoms with Crippen LogP contribution < -0.4 is 10.6 Å². The van der Waals surface area contributed by atoms with Gasteiger partial charge in [0.1, 0.15) is 0 Å². The Morgan fingerprint density at radius 3 is 2.30 bits per heavy atom. The smallest absolute Gasteiger partial charge is 0.319 e. The van der Waals surface area contributed by atoms with E-state index in [-0.39, 0.29) is 12.3 Å². The van der Waals surface area contributed by atoms with Crippen molar-refractivity contribution in [2.75, 3.05) is 11.9 Å². The van der Waals surface area contributed by atoms with E-state index in [2.05, 4.69) is 10.6 Å². The Kier molecular flexibility index (Phi) is 5.51. The van der Waals surface area contributed by atoms with Crippen LogP contribution >= 0.6 is 11.6 Å². The number of nitrogens with zero attached hydrogens (tertiary/aromatic N) is 1. The zero-order valence-electron chi connectivity index (χ0n) is 11.9. The third kappa shape index (κ3) is 4.67. The number of aliphatic hydroxyl groups is 1. The van der Waals surface area contributed by atoms with Gasteiger partial charge in [0.15, 0.2) is 0 Å². The molecule has 1 atom stereocenters. The molecule has 2 amide bonds. The van der Waals surface area contributed by atoms with Gasteiger partial charge < -0.3 is 15.7 Å². The molecule has 0 aromatic heterocycles. The van der Waals surface area contributed by atoms with E-state index in [1.54, 1.807) is 24.3 Å². The molecule has 0 radical (unpaired) electrons. The number of nitrogens with one attached hydrogen (secondary N) is 2. The summed E-state index contributed by atoms with van der Waals surface area (Å²) in [5.41, 5.74) is 1.04. The maximum Gasteiger partial charge on any atom is 0.319 e. The second kappa shape index (κ2) is 7.57. The number of non-ortho nitro benzene ring substituents is 1. The van der Waals surface area contributed by atoms with Crippen molar-refractivity contribution in [3.05, 3.63) is 69.2 Å². The van der Waals surface area contributed by atoms with Crippen LogP contribution in [0.5, 0.6) is 0 Å². The van der Waals surface area contributed by atoms with E-state index >= 15 is 0 Å². The minimum Gasteiger partial charge on any atom is -0.394 e. The molecule has 120 valence electrons. The molecule has 23 heavy (non-hydrogen) atoms. The zero-order valence-corrected chi connectivity index (χ0v) is 12.7. The first-order valence-corrected chi connectivity index (χ1v) is 7.05. The van der Waals surface area contributed by atoms with Gasteiger partial charge in [0.2, 0.25) is 0 Å². The molecule has 7 nitrogen and oxygen atoms in total. The maximum atomic E-state index is 11.9. The third-order valence-corrected chi connectivity index (χ3v) is 3.35. The number of benzene rings is 2. The molecule has 0 saturated heterocycles. The molecule has 8 heteroatoms. The highest BCUT2D eigenvalue weighted by atomic mass is 35.5. The topological polar surface area (TPSA) is 104 Å². The predicted octanol–water partition coefficient (Wildman–Crippen LogP) is 3.10. The van der Waals surface area contributed by atoms with Gasteiger partial charge in [0.25, 0.3) is 5.69 Å². The highest BCUT2D eigenvalue weighted by molar-refractivity contribution is 6.30. The minimum absolute atomic E-state index is 0.0645. The largest absolute Gasteiger partial charge is 0.394 e. The summed E-state index contributed by atoms with van der Waals surface area (Å²) in [6.45, 7) is -0.282. The van der Waals surface area contributed by atoms with Gasteiger partial charge in [-0.15, -0.1) is 0 Å². The van der Waals surface area contributed by atoms with E-state index in [9.17, 15) is 20.0 Å². The van der Waals surface area contributed by atoms with Gasteiger partial charge in [-0.05, 0) is 29.8 Å². The van der Waals surface area contributed by atoms with Crippen molar-refractivity contribution in [2.24, 2.45) is 0 Å². The lowest BCUT2D eigenvalue weighted by molar-refractivity contribution is -0.384. The Morgan fingerprint density at radius 1 is 1.17 bits per heavy atom. The second-order valence-electron chi connectivity index (χ2n) is 4.69. The van der Waals surface area contributed by atoms with Gasteiger partial charge in [-0.2, -0.15) is 0 Å². The maximum absolute atomic E-state index is 11.9. The molecular formula is C15H14ClN3O4. The lowest BCUT2D eigenvalue weighted by Gasteiger charge is -2.17. The number of hydrogen-bond acceptors (Lipinski definition) is 4. The van der Waals surface area contributed by atoms with Crippen LogP contribution in [-0.4, -0.2) is 22.7 Å². The number of amides is 2. The van der Waals surface area contributed by atoms with Crippen molar-refractivity contribution in [3.8, 4) is 0 Å². The number of rotatable bonds is 5. The molecule has 2 aromatic carbocycles. The highest BCUT2D eigenvalue weighted by Gasteiger charge is 2.14. The quantitative estimate of drug-likeness (QED) is 0.576. The van der Waals surface area contributed by atoms with Crippen molar-refractivity contribution in [1.29, 1.82) is 0 Å². The van der Waals surface area contributed by atoms with Gasteiger partial charge in [-0.1, -0.05) is 23.7 Å². The summed E-state index contributed by atoms with van der Waals surface area (Å²) in [7, 11) is 0. The van der Waals surface area contributed by atoms with Crippen molar-refractivity contribution >= 4 is 29.0 Å². The van der Waals surface area contributed by atoms with E-state index in [4.69, 9.17) is 11.6 Å². The summed E-state index contributed by atoms with van der Waals surface area (Å²) in [6.07, 6.45) is 0. The van der Waals surface area contributed by atoms with Crippen molar-refractivity contribution in [2.45, 2.75) is 6.04 Å². The van der Waals surface area contributed by atoms with Crippen LogP contribution in [0.4, 0.5) is 16.2 Å². The van der Waals surface area contributed by atoms with Crippen molar-refractivity contribution in [1.82, 2.24) is 5.32 Å². The normalized spacial score (nSPS) is 11.6. The number of urea groups is 1. The summed E-state index contributed by atoms with van der Waals surface area (Å²) in [4.78, 5) is 22.0. The van der Waals surface area contributed by atoms with Gasteiger partial charge in [-0.3, -0.25) is 10.1 Å². The SMILES string of the molecule is O=C(Nc1ccc([N+](=O)[O-])cc1)NC(CO)c1ccc(Cl)cc1. The van der Waals surface area contributed by atoms with Crippen molar-refractivity contribution in [3.63, 3.8) is 0 Å². The van der Waals surface area contributed by atoms with Gasteiger partial charge in [0, 0.05) is 22.8 Å². The number of carbonyl (C=O) groups excluding carboxylic acids is 1. The van der Waals surface area contributed by atoms with Crippen LogP contribution in [0.15, 0.2) is 48.5 Å². The van der Waals surface area contributed by atoms with Gasteiger partial charge in [0.05, 0.1) is 17.6 Å². The molecule has 2 rings (SSSR count). The molecule has 0 aliphatic rings. The number of halogens is 1. The Balaban J connectivity index is 1.99. The minimum atomic E-state index is -0.592.